The summed E-state index contributed by atoms with van der Waals surface area (Å²) in [6.07, 6.45) is 1.33. The van der Waals surface area contributed by atoms with Gasteiger partial charge in [0.25, 0.3) is 0 Å². The molecular formula is C14H26N4O3. The Hall–Kier alpha value is -1.50. The van der Waals surface area contributed by atoms with Gasteiger partial charge in [0.1, 0.15) is 0 Å². The van der Waals surface area contributed by atoms with Gasteiger partial charge in [0, 0.05) is 45.3 Å². The van der Waals surface area contributed by atoms with Crippen LogP contribution < -0.4 is 5.32 Å². The van der Waals surface area contributed by atoms with Crippen LogP contribution in [-0.4, -0.2) is 85.8 Å². The third-order valence-electron chi connectivity index (χ3n) is 4.14. The van der Waals surface area contributed by atoms with Gasteiger partial charge < -0.3 is 24.8 Å². The summed E-state index contributed by atoms with van der Waals surface area (Å²) < 4.78 is 4.99. The van der Waals surface area contributed by atoms with Crippen molar-refractivity contribution in [3.8, 4) is 0 Å². The Labute approximate surface area is 126 Å². The van der Waals surface area contributed by atoms with Crippen LogP contribution in [0.3, 0.4) is 0 Å². The average Bonchev–Trinajstić information content (AvgIpc) is 2.49. The van der Waals surface area contributed by atoms with E-state index in [1.54, 1.807) is 11.8 Å². The van der Waals surface area contributed by atoms with Crippen molar-refractivity contribution in [2.75, 3.05) is 52.9 Å². The Morgan fingerprint density at radius 1 is 1.05 bits per heavy atom. The van der Waals surface area contributed by atoms with Crippen molar-refractivity contribution >= 4 is 12.1 Å². The van der Waals surface area contributed by atoms with Crippen LogP contribution in [0.15, 0.2) is 0 Å². The molecule has 21 heavy (non-hydrogen) atoms. The normalized spacial score (nSPS) is 21.2. The molecule has 0 aromatic heterocycles. The summed E-state index contributed by atoms with van der Waals surface area (Å²) in [7, 11) is 2.07. The van der Waals surface area contributed by atoms with Gasteiger partial charge in [-0.25, -0.2) is 9.59 Å². The van der Waals surface area contributed by atoms with Crippen molar-refractivity contribution in [1.29, 1.82) is 0 Å². The molecule has 7 heteroatoms. The highest BCUT2D eigenvalue weighted by molar-refractivity contribution is 5.74. The van der Waals surface area contributed by atoms with E-state index in [2.05, 4.69) is 17.3 Å². The van der Waals surface area contributed by atoms with E-state index in [-0.39, 0.29) is 18.2 Å². The Bertz CT molecular complexity index is 361. The molecule has 0 bridgehead atoms. The predicted octanol–water partition coefficient (Wildman–Crippen LogP) is 0.564. The van der Waals surface area contributed by atoms with E-state index in [1.165, 1.54) is 0 Å². The Morgan fingerprint density at radius 2 is 1.67 bits per heavy atom. The van der Waals surface area contributed by atoms with Crippen LogP contribution in [0.5, 0.6) is 0 Å². The molecule has 0 aliphatic carbocycles. The first-order valence-corrected chi connectivity index (χ1v) is 7.76. The number of urea groups is 1. The van der Waals surface area contributed by atoms with E-state index in [1.807, 2.05) is 4.90 Å². The van der Waals surface area contributed by atoms with Crippen molar-refractivity contribution in [1.82, 2.24) is 20.0 Å². The van der Waals surface area contributed by atoms with Gasteiger partial charge in [-0.3, -0.25) is 0 Å². The van der Waals surface area contributed by atoms with Gasteiger partial charge in [0.05, 0.1) is 6.61 Å². The van der Waals surface area contributed by atoms with Crippen molar-refractivity contribution in [3.05, 3.63) is 0 Å². The van der Waals surface area contributed by atoms with Crippen LogP contribution >= 0.6 is 0 Å². The number of ether oxygens (including phenoxy) is 1. The van der Waals surface area contributed by atoms with Crippen LogP contribution in [0.25, 0.3) is 0 Å². The minimum absolute atomic E-state index is 0.0256. The van der Waals surface area contributed by atoms with E-state index in [0.29, 0.717) is 19.7 Å². The van der Waals surface area contributed by atoms with Crippen LogP contribution in [0.1, 0.15) is 19.8 Å². The molecule has 0 atom stereocenters. The van der Waals surface area contributed by atoms with Gasteiger partial charge in [-0.05, 0) is 26.8 Å². The van der Waals surface area contributed by atoms with Crippen molar-refractivity contribution in [3.63, 3.8) is 0 Å². The lowest BCUT2D eigenvalue weighted by Gasteiger charge is -2.35. The molecule has 2 heterocycles. The van der Waals surface area contributed by atoms with Crippen LogP contribution in [0.4, 0.5) is 9.59 Å². The van der Waals surface area contributed by atoms with Gasteiger partial charge in [0.15, 0.2) is 0 Å². The number of amides is 3. The number of carbonyl (C=O) groups is 2. The maximum atomic E-state index is 12.2. The van der Waals surface area contributed by atoms with E-state index < -0.39 is 0 Å². The second kappa shape index (κ2) is 7.49. The number of hydrogen-bond donors (Lipinski definition) is 1. The first-order valence-electron chi connectivity index (χ1n) is 7.76. The fourth-order valence-corrected chi connectivity index (χ4v) is 2.70. The molecular weight excluding hydrogens is 272 g/mol. The molecule has 2 saturated heterocycles. The molecule has 0 radical (unpaired) electrons. The molecule has 0 aromatic rings. The Kier molecular flexibility index (Phi) is 5.67. The lowest BCUT2D eigenvalue weighted by Crippen LogP contribution is -2.54. The summed E-state index contributed by atoms with van der Waals surface area (Å²) in [6, 6.07) is 0.181. The molecule has 2 aliphatic rings. The zero-order valence-electron chi connectivity index (χ0n) is 13.0. The summed E-state index contributed by atoms with van der Waals surface area (Å²) in [5, 5.41) is 3.08. The summed E-state index contributed by atoms with van der Waals surface area (Å²) in [6.45, 7) is 6.91. The largest absolute Gasteiger partial charge is 0.450 e. The van der Waals surface area contributed by atoms with Crippen LogP contribution in [0.2, 0.25) is 0 Å². The van der Waals surface area contributed by atoms with Gasteiger partial charge in [-0.15, -0.1) is 0 Å². The van der Waals surface area contributed by atoms with Crippen molar-refractivity contribution in [2.45, 2.75) is 25.8 Å². The van der Waals surface area contributed by atoms with Gasteiger partial charge in [0.2, 0.25) is 0 Å². The first kappa shape index (κ1) is 15.9. The van der Waals surface area contributed by atoms with Crippen molar-refractivity contribution < 1.29 is 14.3 Å². The number of nitrogens with zero attached hydrogens (tertiary/aromatic N) is 3. The molecule has 120 valence electrons. The first-order chi connectivity index (χ1) is 10.1. The SMILES string of the molecule is CCOC(=O)N1CCC(NC(=O)N2CCN(C)CC2)CC1. The number of likely N-dealkylation sites (tertiary alicyclic amines) is 1. The number of likely N-dealkylation sites (N-methyl/N-ethyl adjacent to an activating group) is 1. The molecule has 2 fully saturated rings. The van der Waals surface area contributed by atoms with Crippen molar-refractivity contribution in [2.24, 2.45) is 0 Å². The highest BCUT2D eigenvalue weighted by atomic mass is 16.6. The summed E-state index contributed by atoms with van der Waals surface area (Å²) in [5.74, 6) is 0. The second-order valence-electron chi connectivity index (χ2n) is 5.70. The quantitative estimate of drug-likeness (QED) is 0.809. The minimum Gasteiger partial charge on any atom is -0.450 e. The maximum absolute atomic E-state index is 12.2. The molecule has 2 aliphatic heterocycles. The summed E-state index contributed by atoms with van der Waals surface area (Å²) in [4.78, 5) is 29.6. The number of piperazine rings is 1. The lowest BCUT2D eigenvalue weighted by molar-refractivity contribution is 0.0944. The van der Waals surface area contributed by atoms with Gasteiger partial charge in [-0.2, -0.15) is 0 Å². The smallest absolute Gasteiger partial charge is 0.409 e. The summed E-state index contributed by atoms with van der Waals surface area (Å²) >= 11 is 0. The number of carbonyl (C=O) groups excluding carboxylic acids is 2. The molecule has 0 unspecified atom stereocenters. The van der Waals surface area contributed by atoms with Crippen LogP contribution in [0, 0.1) is 0 Å². The van der Waals surface area contributed by atoms with E-state index in [4.69, 9.17) is 4.74 Å². The third-order valence-corrected chi connectivity index (χ3v) is 4.14. The molecule has 0 spiro atoms. The minimum atomic E-state index is -0.249. The topological polar surface area (TPSA) is 65.1 Å². The van der Waals surface area contributed by atoms with E-state index in [0.717, 1.165) is 39.0 Å². The Morgan fingerprint density at radius 3 is 2.24 bits per heavy atom. The summed E-state index contributed by atoms with van der Waals surface area (Å²) in [5.41, 5.74) is 0. The van der Waals surface area contributed by atoms with Gasteiger partial charge >= 0.3 is 12.1 Å². The molecule has 0 aromatic carbocycles. The van der Waals surface area contributed by atoms with Gasteiger partial charge in [-0.1, -0.05) is 0 Å². The monoisotopic (exact) mass is 298 g/mol. The molecule has 2 rings (SSSR count). The molecule has 0 saturated carbocycles. The average molecular weight is 298 g/mol. The van der Waals surface area contributed by atoms with E-state index >= 15 is 0 Å². The lowest BCUT2D eigenvalue weighted by atomic mass is 10.1. The number of piperidine rings is 1. The highest BCUT2D eigenvalue weighted by Gasteiger charge is 2.26. The zero-order valence-corrected chi connectivity index (χ0v) is 13.0. The molecule has 1 N–H and O–H groups in total. The predicted molar refractivity (Wildman–Crippen MR) is 79.2 cm³/mol. The molecule has 3 amide bonds. The fourth-order valence-electron chi connectivity index (χ4n) is 2.70. The fraction of sp³-hybridized carbons (Fsp3) is 0.857. The molecule has 7 nitrogen and oxygen atoms in total. The number of hydrogen-bond acceptors (Lipinski definition) is 4. The second-order valence-corrected chi connectivity index (χ2v) is 5.70. The number of rotatable bonds is 2. The Balaban J connectivity index is 1.70. The standard InChI is InChI=1S/C14H26N4O3/c1-3-21-14(20)18-6-4-12(5-7-18)15-13(19)17-10-8-16(2)9-11-17/h12H,3-11H2,1-2H3,(H,15,19). The number of nitrogens with one attached hydrogen (secondary N) is 1. The van der Waals surface area contributed by atoms with E-state index in [9.17, 15) is 9.59 Å². The third kappa shape index (κ3) is 4.49. The zero-order chi connectivity index (χ0) is 15.2. The highest BCUT2D eigenvalue weighted by Crippen LogP contribution is 2.12. The van der Waals surface area contributed by atoms with Crippen LogP contribution in [-0.2, 0) is 4.74 Å². The maximum Gasteiger partial charge on any atom is 0.409 e.